The van der Waals surface area contributed by atoms with Gasteiger partial charge in [0.1, 0.15) is 0 Å². The zero-order chi connectivity index (χ0) is 16.5. The number of nitrogens with one attached hydrogen (secondary N) is 1. The summed E-state index contributed by atoms with van der Waals surface area (Å²) < 4.78 is 0. The van der Waals surface area contributed by atoms with E-state index in [0.29, 0.717) is 17.6 Å². The van der Waals surface area contributed by atoms with Gasteiger partial charge in [-0.2, -0.15) is 0 Å². The van der Waals surface area contributed by atoms with Crippen LogP contribution in [0.4, 0.5) is 0 Å². The highest BCUT2D eigenvalue weighted by Crippen LogP contribution is 2.30. The van der Waals surface area contributed by atoms with Crippen molar-refractivity contribution < 1.29 is 4.79 Å². The molecule has 1 amide bonds. The normalized spacial score (nSPS) is 21.3. The number of hydrogen-bond donors (Lipinski definition) is 1. The second kappa shape index (κ2) is 8.85. The molecule has 1 N–H and O–H groups in total. The predicted molar refractivity (Wildman–Crippen MR) is 109 cm³/mol. The highest BCUT2D eigenvalue weighted by molar-refractivity contribution is 5.95. The molecule has 2 saturated heterocycles. The second-order valence-corrected chi connectivity index (χ2v) is 6.92. The van der Waals surface area contributed by atoms with E-state index in [-0.39, 0.29) is 30.7 Å². The van der Waals surface area contributed by atoms with Crippen molar-refractivity contribution in [2.24, 2.45) is 0 Å². The molecule has 2 unspecified atom stereocenters. The van der Waals surface area contributed by atoms with Crippen molar-refractivity contribution in [3.05, 3.63) is 53.9 Å². The number of aromatic nitrogens is 1. The van der Waals surface area contributed by atoms with Crippen LogP contribution < -0.4 is 5.32 Å². The monoisotopic (exact) mass is 393 g/mol. The van der Waals surface area contributed by atoms with Gasteiger partial charge in [-0.05, 0) is 44.4 Å². The first-order valence-corrected chi connectivity index (χ1v) is 8.78. The van der Waals surface area contributed by atoms with Crippen molar-refractivity contribution in [3.8, 4) is 11.1 Å². The van der Waals surface area contributed by atoms with Crippen LogP contribution in [-0.4, -0.2) is 41.0 Å². The van der Waals surface area contributed by atoms with E-state index in [1.807, 2.05) is 12.3 Å². The van der Waals surface area contributed by atoms with Crippen LogP contribution in [0.25, 0.3) is 11.1 Å². The van der Waals surface area contributed by atoms with E-state index in [2.05, 4.69) is 46.4 Å². The van der Waals surface area contributed by atoms with E-state index in [1.54, 1.807) is 6.20 Å². The van der Waals surface area contributed by atoms with Crippen molar-refractivity contribution in [3.63, 3.8) is 0 Å². The Kier molecular flexibility index (Phi) is 7.04. The fourth-order valence-corrected chi connectivity index (χ4v) is 3.92. The number of amides is 1. The Labute approximate surface area is 167 Å². The Hall–Kier alpha value is -1.62. The molecule has 2 aliphatic heterocycles. The fourth-order valence-electron chi connectivity index (χ4n) is 3.92. The Balaban J connectivity index is 0.00000121. The molecular formula is C20H25Cl2N3O. The van der Waals surface area contributed by atoms with Crippen molar-refractivity contribution in [2.45, 2.75) is 38.3 Å². The number of aryl methyl sites for hydroxylation is 1. The molecule has 2 aliphatic rings. The molecule has 0 saturated carbocycles. The summed E-state index contributed by atoms with van der Waals surface area (Å²) in [4.78, 5) is 19.5. The number of carbonyl (C=O) groups excluding carboxylic acids is 1. The van der Waals surface area contributed by atoms with Gasteiger partial charge in [-0.15, -0.1) is 24.8 Å². The van der Waals surface area contributed by atoms with Crippen LogP contribution >= 0.6 is 24.8 Å². The van der Waals surface area contributed by atoms with Crippen LogP contribution in [0.2, 0.25) is 0 Å². The topological polar surface area (TPSA) is 45.2 Å². The zero-order valence-electron chi connectivity index (χ0n) is 14.9. The molecule has 0 spiro atoms. The third kappa shape index (κ3) is 4.03. The third-order valence-corrected chi connectivity index (χ3v) is 5.26. The number of carbonyl (C=O) groups is 1. The van der Waals surface area contributed by atoms with Crippen LogP contribution in [0.3, 0.4) is 0 Å². The lowest BCUT2D eigenvalue weighted by Crippen LogP contribution is -2.42. The van der Waals surface area contributed by atoms with E-state index in [1.165, 1.54) is 5.56 Å². The lowest BCUT2D eigenvalue weighted by molar-refractivity contribution is 0.0680. The molecule has 4 rings (SSSR count). The minimum Gasteiger partial charge on any atom is -0.331 e. The number of fused-ring (bicyclic) bond motifs is 2. The van der Waals surface area contributed by atoms with Crippen LogP contribution in [-0.2, 0) is 0 Å². The maximum atomic E-state index is 13.1. The Morgan fingerprint density at radius 3 is 2.54 bits per heavy atom. The van der Waals surface area contributed by atoms with Gasteiger partial charge < -0.3 is 10.2 Å². The van der Waals surface area contributed by atoms with Gasteiger partial charge in [-0.1, -0.05) is 29.8 Å². The average Bonchev–Trinajstić information content (AvgIpc) is 2.88. The van der Waals surface area contributed by atoms with Crippen molar-refractivity contribution >= 4 is 30.7 Å². The van der Waals surface area contributed by atoms with E-state index in [9.17, 15) is 4.79 Å². The second-order valence-electron chi connectivity index (χ2n) is 6.92. The fraction of sp³-hybridized carbons (Fsp3) is 0.400. The summed E-state index contributed by atoms with van der Waals surface area (Å²) in [6, 6.07) is 11.0. The number of nitrogens with zero attached hydrogens (tertiary/aromatic N) is 2. The summed E-state index contributed by atoms with van der Waals surface area (Å²) >= 11 is 0. The lowest BCUT2D eigenvalue weighted by Gasteiger charge is -2.28. The van der Waals surface area contributed by atoms with Crippen molar-refractivity contribution in [1.82, 2.24) is 15.2 Å². The average molecular weight is 394 g/mol. The highest BCUT2D eigenvalue weighted by Gasteiger charge is 2.38. The molecule has 0 radical (unpaired) electrons. The van der Waals surface area contributed by atoms with Crippen LogP contribution in [0.1, 0.15) is 35.2 Å². The highest BCUT2D eigenvalue weighted by atomic mass is 35.5. The Morgan fingerprint density at radius 1 is 1.04 bits per heavy atom. The molecule has 0 aliphatic carbocycles. The van der Waals surface area contributed by atoms with Gasteiger partial charge in [-0.25, -0.2) is 0 Å². The van der Waals surface area contributed by atoms with Crippen LogP contribution in [0.5, 0.6) is 0 Å². The maximum absolute atomic E-state index is 13.1. The molecule has 1 aromatic heterocycles. The number of rotatable bonds is 2. The molecule has 3 heterocycles. The van der Waals surface area contributed by atoms with Gasteiger partial charge in [-0.3, -0.25) is 9.78 Å². The first-order chi connectivity index (χ1) is 11.7. The molecule has 2 aromatic rings. The van der Waals surface area contributed by atoms with Crippen LogP contribution in [0.15, 0.2) is 42.7 Å². The number of hydrogen-bond acceptors (Lipinski definition) is 3. The Morgan fingerprint density at radius 2 is 1.77 bits per heavy atom. The van der Waals surface area contributed by atoms with E-state index in [0.717, 1.165) is 43.5 Å². The number of benzene rings is 1. The number of pyridine rings is 1. The molecule has 6 heteroatoms. The van der Waals surface area contributed by atoms with Gasteiger partial charge in [0.05, 0.1) is 5.56 Å². The van der Waals surface area contributed by atoms with Gasteiger partial charge in [0.2, 0.25) is 0 Å². The summed E-state index contributed by atoms with van der Waals surface area (Å²) in [5.74, 6) is 0.132. The zero-order valence-corrected chi connectivity index (χ0v) is 16.5. The SMILES string of the molecule is Cc1ccc(-c2cncc(C(=O)N3C4CCNCC3CC4)c2)cc1.Cl.Cl. The van der Waals surface area contributed by atoms with Gasteiger partial charge >= 0.3 is 0 Å². The number of halogens is 2. The molecule has 2 bridgehead atoms. The van der Waals surface area contributed by atoms with E-state index >= 15 is 0 Å². The third-order valence-electron chi connectivity index (χ3n) is 5.26. The van der Waals surface area contributed by atoms with Crippen molar-refractivity contribution in [2.75, 3.05) is 13.1 Å². The lowest BCUT2D eigenvalue weighted by atomic mass is 10.0. The largest absolute Gasteiger partial charge is 0.331 e. The van der Waals surface area contributed by atoms with Crippen LogP contribution in [0, 0.1) is 6.92 Å². The van der Waals surface area contributed by atoms with Gasteiger partial charge in [0.25, 0.3) is 5.91 Å². The Bertz CT molecular complexity index is 737. The van der Waals surface area contributed by atoms with E-state index < -0.39 is 0 Å². The quantitative estimate of drug-likeness (QED) is 0.841. The maximum Gasteiger partial charge on any atom is 0.255 e. The molecule has 2 fully saturated rings. The smallest absolute Gasteiger partial charge is 0.255 e. The first-order valence-electron chi connectivity index (χ1n) is 8.78. The summed E-state index contributed by atoms with van der Waals surface area (Å²) in [6.07, 6.45) is 6.82. The molecule has 140 valence electrons. The molecule has 4 nitrogen and oxygen atoms in total. The van der Waals surface area contributed by atoms with Gasteiger partial charge in [0, 0.05) is 36.6 Å². The predicted octanol–water partition coefficient (Wildman–Crippen LogP) is 3.87. The standard InChI is InChI=1S/C20H23N3O.2ClH/c1-14-2-4-15(5-3-14)16-10-17(12-22-11-16)20(24)23-18-6-7-19(23)13-21-9-8-18;;/h2-5,10-12,18-19,21H,6-9,13H2,1H3;2*1H. The summed E-state index contributed by atoms with van der Waals surface area (Å²) in [5, 5.41) is 3.45. The van der Waals surface area contributed by atoms with Crippen molar-refractivity contribution in [1.29, 1.82) is 0 Å². The summed E-state index contributed by atoms with van der Waals surface area (Å²) in [6.45, 7) is 3.99. The molecule has 2 atom stereocenters. The molecule has 1 aromatic carbocycles. The van der Waals surface area contributed by atoms with Gasteiger partial charge in [0.15, 0.2) is 0 Å². The molecular weight excluding hydrogens is 369 g/mol. The minimum atomic E-state index is 0. The minimum absolute atomic E-state index is 0. The summed E-state index contributed by atoms with van der Waals surface area (Å²) in [7, 11) is 0. The first kappa shape index (κ1) is 20.7. The van der Waals surface area contributed by atoms with E-state index in [4.69, 9.17) is 0 Å². The molecule has 26 heavy (non-hydrogen) atoms. The summed E-state index contributed by atoms with van der Waals surface area (Å²) in [5.41, 5.74) is 4.03.